The zero-order chi connectivity index (χ0) is 20.5. The summed E-state index contributed by atoms with van der Waals surface area (Å²) in [5.41, 5.74) is 3.10. The number of carbonyl (C=O) groups excluding carboxylic acids is 1. The molecule has 0 unspecified atom stereocenters. The summed E-state index contributed by atoms with van der Waals surface area (Å²) in [5.74, 6) is 0.847. The molecule has 0 saturated heterocycles. The van der Waals surface area contributed by atoms with Crippen molar-refractivity contribution < 1.29 is 23.0 Å². The molecule has 1 N–H and O–H groups in total. The molecule has 5 nitrogen and oxygen atoms in total. The molecule has 2 aromatic carbocycles. The zero-order valence-corrected chi connectivity index (χ0v) is 16.4. The Morgan fingerprint density at radius 2 is 1.89 bits per heavy atom. The smallest absolute Gasteiger partial charge is 0.387 e. The van der Waals surface area contributed by atoms with Crippen LogP contribution in [-0.2, 0) is 17.8 Å². The van der Waals surface area contributed by atoms with Crippen LogP contribution in [-0.4, -0.2) is 44.7 Å². The molecule has 0 radical (unpaired) electrons. The number of hydrogen-bond donors (Lipinski definition) is 1. The highest BCUT2D eigenvalue weighted by Crippen LogP contribution is 2.21. The third-order valence-electron chi connectivity index (χ3n) is 4.17. The number of nitrogens with zero attached hydrogens (tertiary/aromatic N) is 1. The number of methoxy groups -OCH3 is 1. The molecule has 2 rings (SSSR count). The Balaban J connectivity index is 1.75. The van der Waals surface area contributed by atoms with E-state index in [0.717, 1.165) is 22.4 Å². The quantitative estimate of drug-likeness (QED) is 0.673. The Hall–Kier alpha value is -2.67. The van der Waals surface area contributed by atoms with Crippen LogP contribution in [0.4, 0.5) is 8.78 Å². The summed E-state index contributed by atoms with van der Waals surface area (Å²) in [6, 6.07) is 12.4. The summed E-state index contributed by atoms with van der Waals surface area (Å²) in [6.45, 7) is 0.515. The minimum absolute atomic E-state index is 0.0771. The van der Waals surface area contributed by atoms with Gasteiger partial charge in [-0.05, 0) is 44.2 Å². The van der Waals surface area contributed by atoms with Crippen molar-refractivity contribution in [2.45, 2.75) is 26.5 Å². The standard InChI is InChI=1S/C21H26F2N2O3/c1-15-4-9-19(27-3)17(12-15)13-25(2)14-20(26)24-11-10-16-5-7-18(8-6-16)28-21(22)23/h4-9,12,21H,10-11,13-14H2,1-3H3,(H,24,26). The van der Waals surface area contributed by atoms with Crippen molar-refractivity contribution in [2.75, 3.05) is 27.2 Å². The van der Waals surface area contributed by atoms with Gasteiger partial charge in [0.1, 0.15) is 11.5 Å². The van der Waals surface area contributed by atoms with Crippen LogP contribution in [0.25, 0.3) is 0 Å². The SMILES string of the molecule is COc1ccc(C)cc1CN(C)CC(=O)NCCc1ccc(OC(F)F)cc1. The normalized spacial score (nSPS) is 11.0. The van der Waals surface area contributed by atoms with E-state index in [0.29, 0.717) is 19.5 Å². The number of alkyl halides is 2. The molecule has 0 atom stereocenters. The molecule has 0 fully saturated rings. The van der Waals surface area contributed by atoms with E-state index in [2.05, 4.69) is 16.1 Å². The number of amides is 1. The molecule has 28 heavy (non-hydrogen) atoms. The van der Waals surface area contributed by atoms with Crippen molar-refractivity contribution in [2.24, 2.45) is 0 Å². The summed E-state index contributed by atoms with van der Waals surface area (Å²) in [4.78, 5) is 14.1. The van der Waals surface area contributed by atoms with Crippen molar-refractivity contribution in [3.05, 3.63) is 59.2 Å². The molecule has 0 heterocycles. The molecular weight excluding hydrogens is 366 g/mol. The molecule has 0 saturated carbocycles. The van der Waals surface area contributed by atoms with E-state index in [1.54, 1.807) is 19.2 Å². The van der Waals surface area contributed by atoms with Crippen LogP contribution in [0.1, 0.15) is 16.7 Å². The summed E-state index contributed by atoms with van der Waals surface area (Å²) in [6.07, 6.45) is 0.607. The fourth-order valence-electron chi connectivity index (χ4n) is 2.86. The van der Waals surface area contributed by atoms with Gasteiger partial charge in [-0.15, -0.1) is 0 Å². The van der Waals surface area contributed by atoms with Gasteiger partial charge < -0.3 is 14.8 Å². The average molecular weight is 392 g/mol. The Morgan fingerprint density at radius 3 is 2.54 bits per heavy atom. The van der Waals surface area contributed by atoms with Gasteiger partial charge in [-0.3, -0.25) is 9.69 Å². The molecule has 152 valence electrons. The number of nitrogens with one attached hydrogen (secondary N) is 1. The highest BCUT2D eigenvalue weighted by molar-refractivity contribution is 5.78. The van der Waals surface area contributed by atoms with Gasteiger partial charge in [0, 0.05) is 18.7 Å². The second kappa shape index (κ2) is 10.6. The first-order chi connectivity index (χ1) is 13.4. The molecule has 7 heteroatoms. The van der Waals surface area contributed by atoms with Crippen molar-refractivity contribution in [1.82, 2.24) is 10.2 Å². The van der Waals surface area contributed by atoms with E-state index in [-0.39, 0.29) is 18.2 Å². The molecule has 0 aliphatic heterocycles. The predicted octanol–water partition coefficient (Wildman–Crippen LogP) is 3.40. The monoisotopic (exact) mass is 392 g/mol. The predicted molar refractivity (Wildman–Crippen MR) is 104 cm³/mol. The maximum atomic E-state index is 12.1. The molecule has 0 spiro atoms. The lowest BCUT2D eigenvalue weighted by Crippen LogP contribution is -2.35. The number of likely N-dealkylation sites (N-methyl/N-ethyl adjacent to an activating group) is 1. The molecule has 0 aromatic heterocycles. The van der Waals surface area contributed by atoms with Gasteiger partial charge in [-0.25, -0.2) is 0 Å². The van der Waals surface area contributed by atoms with Crippen molar-refractivity contribution in [3.8, 4) is 11.5 Å². The van der Waals surface area contributed by atoms with Gasteiger partial charge in [0.15, 0.2) is 0 Å². The van der Waals surface area contributed by atoms with Crippen LogP contribution < -0.4 is 14.8 Å². The van der Waals surface area contributed by atoms with Crippen molar-refractivity contribution >= 4 is 5.91 Å². The van der Waals surface area contributed by atoms with Crippen molar-refractivity contribution in [3.63, 3.8) is 0 Å². The molecule has 2 aromatic rings. The van der Waals surface area contributed by atoms with Gasteiger partial charge >= 0.3 is 6.61 Å². The third kappa shape index (κ3) is 7.15. The number of halogens is 2. The van der Waals surface area contributed by atoms with Crippen LogP contribution >= 0.6 is 0 Å². The second-order valence-electron chi connectivity index (χ2n) is 6.61. The first-order valence-electron chi connectivity index (χ1n) is 9.00. The van der Waals surface area contributed by atoms with E-state index in [4.69, 9.17) is 4.74 Å². The lowest BCUT2D eigenvalue weighted by molar-refractivity contribution is -0.122. The summed E-state index contributed by atoms with van der Waals surface area (Å²) in [5, 5.41) is 2.87. The number of hydrogen-bond acceptors (Lipinski definition) is 4. The van der Waals surface area contributed by atoms with Gasteiger partial charge in [-0.1, -0.05) is 29.8 Å². The first kappa shape index (κ1) is 21.6. The second-order valence-corrected chi connectivity index (χ2v) is 6.61. The lowest BCUT2D eigenvalue weighted by Gasteiger charge is -2.18. The maximum Gasteiger partial charge on any atom is 0.387 e. The number of ether oxygens (including phenoxy) is 2. The van der Waals surface area contributed by atoms with Gasteiger partial charge in [0.25, 0.3) is 0 Å². The van der Waals surface area contributed by atoms with Crippen molar-refractivity contribution in [1.29, 1.82) is 0 Å². The van der Waals surface area contributed by atoms with E-state index in [1.165, 1.54) is 12.1 Å². The minimum atomic E-state index is -2.83. The topological polar surface area (TPSA) is 50.8 Å². The number of aryl methyl sites for hydroxylation is 1. The number of rotatable bonds is 10. The Kier molecular flexibility index (Phi) is 8.19. The maximum absolute atomic E-state index is 12.1. The average Bonchev–Trinajstić information content (AvgIpc) is 2.63. The molecule has 0 bridgehead atoms. The Bertz CT molecular complexity index is 767. The molecule has 0 aliphatic carbocycles. The van der Waals surface area contributed by atoms with Crippen LogP contribution in [0, 0.1) is 6.92 Å². The van der Waals surface area contributed by atoms with E-state index in [1.807, 2.05) is 31.0 Å². The number of carbonyl (C=O) groups is 1. The zero-order valence-electron chi connectivity index (χ0n) is 16.4. The minimum Gasteiger partial charge on any atom is -0.496 e. The highest BCUT2D eigenvalue weighted by atomic mass is 19.3. The van der Waals surface area contributed by atoms with E-state index in [9.17, 15) is 13.6 Å². The first-order valence-corrected chi connectivity index (χ1v) is 9.00. The largest absolute Gasteiger partial charge is 0.496 e. The third-order valence-corrected chi connectivity index (χ3v) is 4.17. The van der Waals surface area contributed by atoms with Gasteiger partial charge in [0.2, 0.25) is 5.91 Å². The lowest BCUT2D eigenvalue weighted by atomic mass is 10.1. The summed E-state index contributed by atoms with van der Waals surface area (Å²) in [7, 11) is 3.51. The fraction of sp³-hybridized carbons (Fsp3) is 0.381. The highest BCUT2D eigenvalue weighted by Gasteiger charge is 2.10. The van der Waals surface area contributed by atoms with Gasteiger partial charge in [-0.2, -0.15) is 8.78 Å². The van der Waals surface area contributed by atoms with Crippen LogP contribution in [0.15, 0.2) is 42.5 Å². The fourth-order valence-corrected chi connectivity index (χ4v) is 2.86. The Morgan fingerprint density at radius 1 is 1.18 bits per heavy atom. The number of benzene rings is 2. The Labute approximate surface area is 164 Å². The molecule has 0 aliphatic rings. The molecule has 1 amide bonds. The summed E-state index contributed by atoms with van der Waals surface area (Å²) < 4.78 is 34.0. The molecular formula is C21H26F2N2O3. The van der Waals surface area contributed by atoms with Crippen LogP contribution in [0.5, 0.6) is 11.5 Å². The summed E-state index contributed by atoms with van der Waals surface area (Å²) >= 11 is 0. The van der Waals surface area contributed by atoms with E-state index < -0.39 is 6.61 Å². The van der Waals surface area contributed by atoms with Crippen LogP contribution in [0.3, 0.4) is 0 Å². The van der Waals surface area contributed by atoms with E-state index >= 15 is 0 Å². The van der Waals surface area contributed by atoms with Crippen LogP contribution in [0.2, 0.25) is 0 Å². The van der Waals surface area contributed by atoms with Gasteiger partial charge in [0.05, 0.1) is 13.7 Å².